The number of likely N-dealkylation sites (N-methyl/N-ethyl adjacent to an activating group) is 1. The molecule has 3 aliphatic rings. The van der Waals surface area contributed by atoms with E-state index >= 15 is 0 Å². The molecule has 4 atom stereocenters. The van der Waals surface area contributed by atoms with E-state index < -0.39 is 75.7 Å². The Hall–Kier alpha value is -4.23. The van der Waals surface area contributed by atoms with Gasteiger partial charge in [-0.1, -0.05) is 6.07 Å². The van der Waals surface area contributed by atoms with Gasteiger partial charge in [-0.05, 0) is 50.9 Å². The first kappa shape index (κ1) is 27.8. The molecule has 0 heterocycles. The predicted molar refractivity (Wildman–Crippen MR) is 134 cm³/mol. The van der Waals surface area contributed by atoms with Gasteiger partial charge in [-0.25, -0.2) is 0 Å². The average molecular weight is 544 g/mol. The summed E-state index contributed by atoms with van der Waals surface area (Å²) in [4.78, 5) is 63.2. The Balaban J connectivity index is 1.78. The first-order valence-electron chi connectivity index (χ1n) is 12.2. The first-order valence-corrected chi connectivity index (χ1v) is 12.2. The number of carboxylic acid groups (broad SMARTS) is 1. The topological polar surface area (TPSA) is 228 Å². The molecule has 1 saturated carbocycles. The molecule has 1 aromatic carbocycles. The maximum atomic E-state index is 13.8. The van der Waals surface area contributed by atoms with Crippen LogP contribution in [0, 0.1) is 11.8 Å². The van der Waals surface area contributed by atoms with Crippen molar-refractivity contribution in [3.8, 4) is 5.75 Å². The third kappa shape index (κ3) is 4.33. The SMILES string of the molecule is CN(C)[C@@H]1C(=O)C(C(N)=O)=C(O)[C@@]2(O)C(=O)C3=C(O)c4c(ccc(NC(=O)CCCC(=O)O)c4O)C[C@H]3C[C@@H]12. The minimum atomic E-state index is -2.74. The predicted octanol–water partition coefficient (Wildman–Crippen LogP) is 0.157. The number of carbonyl (C=O) groups is 5. The Morgan fingerprint density at radius 1 is 1.13 bits per heavy atom. The number of carboxylic acids is 1. The Bertz CT molecular complexity index is 1380. The molecule has 0 unspecified atom stereocenters. The minimum Gasteiger partial charge on any atom is -0.508 e. The summed E-state index contributed by atoms with van der Waals surface area (Å²) in [6, 6.07) is 1.77. The number of phenolic OH excluding ortho intramolecular Hbond substituents is 1. The number of aliphatic carboxylic acids is 1. The fourth-order valence-electron chi connectivity index (χ4n) is 5.93. The number of phenols is 1. The number of rotatable bonds is 7. The van der Waals surface area contributed by atoms with E-state index in [2.05, 4.69) is 5.32 Å². The van der Waals surface area contributed by atoms with Crippen molar-refractivity contribution in [3.05, 3.63) is 40.2 Å². The van der Waals surface area contributed by atoms with Gasteiger partial charge in [0.25, 0.3) is 5.91 Å². The van der Waals surface area contributed by atoms with Gasteiger partial charge in [0.2, 0.25) is 11.7 Å². The Labute approximate surface area is 222 Å². The number of carbonyl (C=O) groups excluding carboxylic acids is 4. The van der Waals surface area contributed by atoms with Crippen molar-refractivity contribution in [1.29, 1.82) is 0 Å². The van der Waals surface area contributed by atoms with Crippen molar-refractivity contribution in [1.82, 2.24) is 4.90 Å². The lowest BCUT2D eigenvalue weighted by Gasteiger charge is -2.50. The van der Waals surface area contributed by atoms with Crippen molar-refractivity contribution in [3.63, 3.8) is 0 Å². The van der Waals surface area contributed by atoms with E-state index in [1.54, 1.807) is 0 Å². The molecule has 8 N–H and O–H groups in total. The van der Waals surface area contributed by atoms with Crippen molar-refractivity contribution in [2.45, 2.75) is 43.7 Å². The average Bonchev–Trinajstić information content (AvgIpc) is 2.82. The summed E-state index contributed by atoms with van der Waals surface area (Å²) >= 11 is 0. The summed E-state index contributed by atoms with van der Waals surface area (Å²) in [5.74, 6) is -9.20. The molecule has 0 bridgehead atoms. The molecule has 13 nitrogen and oxygen atoms in total. The smallest absolute Gasteiger partial charge is 0.303 e. The van der Waals surface area contributed by atoms with Gasteiger partial charge in [-0.3, -0.25) is 28.9 Å². The van der Waals surface area contributed by atoms with E-state index in [0.29, 0.717) is 5.56 Å². The van der Waals surface area contributed by atoms with Gasteiger partial charge in [0.05, 0.1) is 17.3 Å². The van der Waals surface area contributed by atoms with Crippen LogP contribution in [0.1, 0.15) is 36.8 Å². The van der Waals surface area contributed by atoms with Crippen LogP contribution >= 0.6 is 0 Å². The minimum absolute atomic E-state index is 0.0331. The summed E-state index contributed by atoms with van der Waals surface area (Å²) in [7, 11) is 3.03. The number of anilines is 1. The van der Waals surface area contributed by atoms with Crippen LogP contribution in [0.4, 0.5) is 5.69 Å². The van der Waals surface area contributed by atoms with Crippen molar-refractivity contribution in [2.75, 3.05) is 19.4 Å². The number of Topliss-reactive ketones (excluding diaryl/α,β-unsaturated/α-hetero) is 2. The first-order chi connectivity index (χ1) is 18.2. The number of aromatic hydroxyl groups is 1. The molecule has 1 fully saturated rings. The second-order valence-corrected chi connectivity index (χ2v) is 10.3. The van der Waals surface area contributed by atoms with E-state index in [-0.39, 0.29) is 48.9 Å². The van der Waals surface area contributed by atoms with Gasteiger partial charge in [-0.2, -0.15) is 0 Å². The Morgan fingerprint density at radius 3 is 2.38 bits per heavy atom. The van der Waals surface area contributed by atoms with Crippen molar-refractivity contribution < 1.29 is 49.5 Å². The highest BCUT2D eigenvalue weighted by Gasteiger charge is 2.64. The number of hydrogen-bond acceptors (Lipinski definition) is 10. The number of nitrogens with one attached hydrogen (secondary N) is 1. The lowest BCUT2D eigenvalue weighted by molar-refractivity contribution is -0.153. The third-order valence-electron chi connectivity index (χ3n) is 7.66. The monoisotopic (exact) mass is 543 g/mol. The van der Waals surface area contributed by atoms with E-state index in [1.165, 1.54) is 31.1 Å². The van der Waals surface area contributed by atoms with Gasteiger partial charge in [0, 0.05) is 24.3 Å². The van der Waals surface area contributed by atoms with E-state index in [9.17, 15) is 44.4 Å². The van der Waals surface area contributed by atoms with Crippen LogP contribution in [0.3, 0.4) is 0 Å². The van der Waals surface area contributed by atoms with E-state index in [4.69, 9.17) is 10.8 Å². The van der Waals surface area contributed by atoms with Crippen LogP contribution in [0.2, 0.25) is 0 Å². The zero-order valence-electron chi connectivity index (χ0n) is 21.2. The lowest BCUT2D eigenvalue weighted by Crippen LogP contribution is -2.65. The van der Waals surface area contributed by atoms with E-state index in [1.807, 2.05) is 0 Å². The molecule has 0 spiro atoms. The largest absolute Gasteiger partial charge is 0.508 e. The zero-order chi connectivity index (χ0) is 29.0. The van der Waals surface area contributed by atoms with Gasteiger partial charge >= 0.3 is 5.97 Å². The summed E-state index contributed by atoms with van der Waals surface area (Å²) in [5.41, 5.74) is 1.55. The highest BCUT2D eigenvalue weighted by Crippen LogP contribution is 2.53. The molecule has 4 rings (SSSR count). The third-order valence-corrected chi connectivity index (χ3v) is 7.66. The van der Waals surface area contributed by atoms with Crippen LogP contribution in [-0.2, 0) is 30.4 Å². The van der Waals surface area contributed by atoms with Crippen LogP contribution in [0.5, 0.6) is 5.75 Å². The highest BCUT2D eigenvalue weighted by molar-refractivity contribution is 6.24. The number of nitrogens with two attached hydrogens (primary N) is 1. The normalized spacial score (nSPS) is 26.2. The van der Waals surface area contributed by atoms with Crippen LogP contribution in [0.15, 0.2) is 29.0 Å². The Kier molecular flexibility index (Phi) is 7.00. The van der Waals surface area contributed by atoms with Gasteiger partial charge in [0.15, 0.2) is 11.4 Å². The molecular formula is C26H29N3O10. The number of aliphatic hydroxyl groups excluding tert-OH is 2. The molecule has 0 radical (unpaired) electrons. The maximum Gasteiger partial charge on any atom is 0.303 e. The Morgan fingerprint density at radius 2 is 1.79 bits per heavy atom. The molecule has 0 aromatic heterocycles. The second kappa shape index (κ2) is 9.82. The molecule has 0 saturated heterocycles. The molecular weight excluding hydrogens is 514 g/mol. The van der Waals surface area contributed by atoms with Crippen LogP contribution in [-0.4, -0.2) is 85.5 Å². The number of benzene rings is 1. The summed E-state index contributed by atoms with van der Waals surface area (Å²) in [6.45, 7) is 0. The number of ketones is 2. The van der Waals surface area contributed by atoms with E-state index in [0.717, 1.165) is 0 Å². The highest BCUT2D eigenvalue weighted by atomic mass is 16.4. The second-order valence-electron chi connectivity index (χ2n) is 10.3. The molecule has 1 aromatic rings. The number of hydrogen-bond donors (Lipinski definition) is 7. The van der Waals surface area contributed by atoms with Gasteiger partial charge < -0.3 is 36.6 Å². The molecule has 2 amide bonds. The molecule has 13 heteroatoms. The van der Waals surface area contributed by atoms with Crippen LogP contribution < -0.4 is 11.1 Å². The summed E-state index contributed by atoms with van der Waals surface area (Å²) < 4.78 is 0. The van der Waals surface area contributed by atoms with Crippen LogP contribution in [0.25, 0.3) is 5.76 Å². The number of primary amides is 1. The molecule has 39 heavy (non-hydrogen) atoms. The lowest BCUT2D eigenvalue weighted by atomic mass is 9.57. The quantitative estimate of drug-likeness (QED) is 0.181. The fourth-order valence-corrected chi connectivity index (χ4v) is 5.93. The summed E-state index contributed by atoms with van der Waals surface area (Å²) in [6.07, 6.45) is -0.199. The van der Waals surface area contributed by atoms with Gasteiger partial charge in [0.1, 0.15) is 22.8 Å². The van der Waals surface area contributed by atoms with Crippen molar-refractivity contribution in [2.24, 2.45) is 17.6 Å². The standard InChI is InChI=1S/C26H29N3O10/c1-29(2)19-12-9-11-8-10-6-7-13(28-14(30)4-3-5-15(31)32)20(33)16(10)21(34)17(11)23(36)26(12,39)24(37)18(22(19)35)25(27)38/h6-7,11-12,19,33-34,37,39H,3-5,8-9H2,1-2H3,(H2,27,38)(H,28,30)(H,31,32)/t11-,12-,19-,26-/m0/s1. The number of amides is 2. The molecule has 3 aliphatic carbocycles. The zero-order valence-corrected chi connectivity index (χ0v) is 21.2. The number of fused-ring (bicyclic) bond motifs is 3. The molecule has 0 aliphatic heterocycles. The number of aliphatic hydroxyl groups is 3. The summed E-state index contributed by atoms with van der Waals surface area (Å²) in [5, 5.41) is 55.7. The maximum absolute atomic E-state index is 13.8. The number of nitrogens with zero attached hydrogens (tertiary/aromatic N) is 1. The fraction of sp³-hybridized carbons (Fsp3) is 0.423. The van der Waals surface area contributed by atoms with Gasteiger partial charge in [-0.15, -0.1) is 0 Å². The molecule has 208 valence electrons. The van der Waals surface area contributed by atoms with Crippen molar-refractivity contribution >= 4 is 40.8 Å².